The van der Waals surface area contributed by atoms with E-state index in [9.17, 15) is 18.0 Å². The number of carbonyl (C=O) groups excluding carboxylic acids is 2. The molecule has 1 amide bonds. The fourth-order valence-corrected chi connectivity index (χ4v) is 2.77. The maximum Gasteiger partial charge on any atom is 0.416 e. The van der Waals surface area contributed by atoms with Gasteiger partial charge in [0.2, 0.25) is 0 Å². The predicted octanol–water partition coefficient (Wildman–Crippen LogP) is 2.45. The predicted molar refractivity (Wildman–Crippen MR) is 104 cm³/mol. The number of thiol groups is 1. The number of nitrogens with zero attached hydrogens (tertiary/aromatic N) is 2. The molecule has 9 nitrogen and oxygen atoms in total. The zero-order chi connectivity index (χ0) is 20.9. The van der Waals surface area contributed by atoms with Crippen molar-refractivity contribution in [1.82, 2.24) is 4.57 Å². The first kappa shape index (κ1) is 21.7. The van der Waals surface area contributed by atoms with Crippen molar-refractivity contribution >= 4 is 39.6 Å². The van der Waals surface area contributed by atoms with Gasteiger partial charge in [-0.05, 0) is 26.8 Å². The summed E-state index contributed by atoms with van der Waals surface area (Å²) in [5, 5.41) is 0.695. The first-order valence-electron chi connectivity index (χ1n) is 8.57. The Bertz CT molecular complexity index is 920. The molecular formula is C18H24N2O7S. The molecule has 0 saturated carbocycles. The van der Waals surface area contributed by atoms with Crippen LogP contribution in [0.2, 0.25) is 0 Å². The average molecular weight is 412 g/mol. The number of benzene rings is 1. The van der Waals surface area contributed by atoms with Crippen LogP contribution in [0.15, 0.2) is 30.5 Å². The molecule has 0 fully saturated rings. The van der Waals surface area contributed by atoms with Crippen molar-refractivity contribution in [2.75, 3.05) is 18.2 Å². The largest absolute Gasteiger partial charge is 0.464 e. The first-order valence-corrected chi connectivity index (χ1v) is 9.67. The molecule has 0 bridgehead atoms. The van der Waals surface area contributed by atoms with Gasteiger partial charge in [-0.15, -0.1) is 0 Å². The van der Waals surface area contributed by atoms with Gasteiger partial charge in [0.25, 0.3) is 11.0 Å². The number of hydrogen-bond donors (Lipinski definition) is 1. The summed E-state index contributed by atoms with van der Waals surface area (Å²) >= 11 is 0. The number of hydrogen-bond acceptors (Lipinski definition) is 7. The van der Waals surface area contributed by atoms with Gasteiger partial charge in [0.1, 0.15) is 18.9 Å². The Morgan fingerprint density at radius 3 is 2.46 bits per heavy atom. The molecule has 2 rings (SSSR count). The molecule has 0 aliphatic rings. The molecule has 10 heteroatoms. The minimum Gasteiger partial charge on any atom is -0.464 e. The molecule has 0 atom stereocenters. The molecule has 28 heavy (non-hydrogen) atoms. The normalized spacial score (nSPS) is 11.6. The van der Waals surface area contributed by atoms with E-state index in [4.69, 9.17) is 9.47 Å². The smallest absolute Gasteiger partial charge is 0.416 e. The molecule has 0 aliphatic heterocycles. The van der Waals surface area contributed by atoms with Gasteiger partial charge in [0.15, 0.2) is 0 Å². The molecule has 0 spiro atoms. The van der Waals surface area contributed by atoms with E-state index in [0.717, 1.165) is 10.4 Å². The summed E-state index contributed by atoms with van der Waals surface area (Å²) in [5.41, 5.74) is 0.428. The van der Waals surface area contributed by atoms with Crippen molar-refractivity contribution in [3.8, 4) is 0 Å². The Kier molecular flexibility index (Phi) is 7.03. The monoisotopic (exact) mass is 412 g/mol. The summed E-state index contributed by atoms with van der Waals surface area (Å²) in [6, 6.07) is 7.26. The quantitative estimate of drug-likeness (QED) is 0.423. The first-order chi connectivity index (χ1) is 13.1. The molecule has 154 valence electrons. The molecule has 1 aromatic carbocycles. The van der Waals surface area contributed by atoms with Gasteiger partial charge >= 0.3 is 12.1 Å². The van der Waals surface area contributed by atoms with E-state index < -0.39 is 29.4 Å². The van der Waals surface area contributed by atoms with Crippen LogP contribution in [0.3, 0.4) is 0 Å². The van der Waals surface area contributed by atoms with Crippen LogP contribution in [0, 0.1) is 0 Å². The second-order valence-corrected chi connectivity index (χ2v) is 7.66. The van der Waals surface area contributed by atoms with Crippen molar-refractivity contribution in [2.45, 2.75) is 39.8 Å². The molecular weight excluding hydrogens is 388 g/mol. The average Bonchev–Trinajstić information content (AvgIpc) is 2.92. The van der Waals surface area contributed by atoms with Crippen LogP contribution in [0.25, 0.3) is 10.9 Å². The van der Waals surface area contributed by atoms with Crippen LogP contribution in [-0.4, -0.2) is 44.0 Å². The fraction of sp³-hybridized carbons (Fsp3) is 0.444. The Morgan fingerprint density at radius 2 is 1.86 bits per heavy atom. The topological polar surface area (TPSA) is 104 Å². The third-order valence-corrected chi connectivity index (χ3v) is 3.93. The maximum absolute atomic E-state index is 12.7. The molecule has 2 aromatic rings. The van der Waals surface area contributed by atoms with E-state index in [1.165, 1.54) is 6.92 Å². The molecule has 0 aliphatic carbocycles. The second kappa shape index (κ2) is 9.07. The molecule has 0 radical (unpaired) electrons. The van der Waals surface area contributed by atoms with Gasteiger partial charge in [0.05, 0.1) is 17.7 Å². The Balaban J connectivity index is 2.43. The summed E-state index contributed by atoms with van der Waals surface area (Å²) in [5.74, 6) is -0.389. The lowest BCUT2D eigenvalue weighted by atomic mass is 10.2. The van der Waals surface area contributed by atoms with E-state index in [1.54, 1.807) is 39.1 Å². The van der Waals surface area contributed by atoms with Crippen molar-refractivity contribution < 1.29 is 31.7 Å². The third kappa shape index (κ3) is 5.96. The molecule has 0 unspecified atom stereocenters. The maximum atomic E-state index is 12.7. The highest BCUT2D eigenvalue weighted by atomic mass is 32.2. The van der Waals surface area contributed by atoms with Crippen molar-refractivity contribution in [3.05, 3.63) is 30.5 Å². The lowest BCUT2D eigenvalue weighted by molar-refractivity contribution is -0.141. The Labute approximate surface area is 164 Å². The van der Waals surface area contributed by atoms with E-state index >= 15 is 0 Å². The van der Waals surface area contributed by atoms with Crippen LogP contribution in [-0.2, 0) is 36.0 Å². The summed E-state index contributed by atoms with van der Waals surface area (Å²) < 4.78 is 38.6. The van der Waals surface area contributed by atoms with Gasteiger partial charge in [-0.2, -0.15) is 0 Å². The van der Waals surface area contributed by atoms with Gasteiger partial charge in [-0.25, -0.2) is 17.4 Å². The summed E-state index contributed by atoms with van der Waals surface area (Å²) in [4.78, 5) is 24.8. The van der Waals surface area contributed by atoms with Crippen LogP contribution < -0.4 is 4.90 Å². The molecule has 1 heterocycles. The lowest BCUT2D eigenvalue weighted by Crippen LogP contribution is -2.38. The minimum atomic E-state index is -3.15. The van der Waals surface area contributed by atoms with Crippen LogP contribution in [0.1, 0.15) is 27.7 Å². The fourth-order valence-electron chi connectivity index (χ4n) is 2.56. The number of aromatic nitrogens is 1. The molecule has 0 saturated heterocycles. The van der Waals surface area contributed by atoms with Gasteiger partial charge in [-0.3, -0.25) is 9.69 Å². The van der Waals surface area contributed by atoms with Gasteiger partial charge < -0.3 is 14.0 Å². The summed E-state index contributed by atoms with van der Waals surface area (Å²) in [6.07, 6.45) is 0.923. The number of carbonyl (C=O) groups is 2. The molecule has 0 N–H and O–H groups in total. The zero-order valence-corrected chi connectivity index (χ0v) is 17.1. The number of fused-ring (bicyclic) bond motifs is 1. The van der Waals surface area contributed by atoms with Crippen molar-refractivity contribution in [1.29, 1.82) is 0 Å². The van der Waals surface area contributed by atoms with E-state index in [2.05, 4.69) is 4.18 Å². The van der Waals surface area contributed by atoms with E-state index in [-0.39, 0.29) is 12.6 Å². The lowest BCUT2D eigenvalue weighted by Gasteiger charge is -2.26. The SMILES string of the molecule is CC(=O)OCCn1cc(N(CO[SH](=O)=O)C(=O)OC(C)(C)C)c2ccccc21. The van der Waals surface area contributed by atoms with E-state index in [1.807, 2.05) is 16.7 Å². The van der Waals surface area contributed by atoms with Gasteiger partial charge in [0, 0.05) is 18.5 Å². The molecule has 1 aromatic heterocycles. The standard InChI is InChI=1S/C18H24N2O7S/c1-13(21)25-10-9-19-11-16(14-7-5-6-8-15(14)19)20(12-26-28(23)24)17(22)27-18(2,3)4/h5-8,11,28H,9-10,12H2,1-4H3. The van der Waals surface area contributed by atoms with Crippen molar-refractivity contribution in [2.24, 2.45) is 0 Å². The third-order valence-electron chi connectivity index (χ3n) is 3.60. The minimum absolute atomic E-state index is 0.156. The van der Waals surface area contributed by atoms with Gasteiger partial charge in [-0.1, -0.05) is 18.2 Å². The highest BCUT2D eigenvalue weighted by Crippen LogP contribution is 2.30. The number of para-hydroxylation sites is 1. The second-order valence-electron chi connectivity index (χ2n) is 6.96. The number of anilines is 1. The summed E-state index contributed by atoms with van der Waals surface area (Å²) in [6.45, 7) is 6.44. The van der Waals surface area contributed by atoms with Crippen LogP contribution in [0.5, 0.6) is 0 Å². The number of ether oxygens (including phenoxy) is 2. The highest BCUT2D eigenvalue weighted by molar-refractivity contribution is 7.67. The number of esters is 1. The highest BCUT2D eigenvalue weighted by Gasteiger charge is 2.26. The Hall–Kier alpha value is -2.59. The number of amides is 1. The van der Waals surface area contributed by atoms with Crippen molar-refractivity contribution in [3.63, 3.8) is 0 Å². The van der Waals surface area contributed by atoms with E-state index in [0.29, 0.717) is 17.6 Å². The number of rotatable bonds is 7. The zero-order valence-electron chi connectivity index (χ0n) is 16.2. The van der Waals surface area contributed by atoms with Crippen LogP contribution >= 0.6 is 0 Å². The van der Waals surface area contributed by atoms with Crippen LogP contribution in [0.4, 0.5) is 10.5 Å². The summed E-state index contributed by atoms with van der Waals surface area (Å²) in [7, 11) is -3.15. The Morgan fingerprint density at radius 1 is 1.18 bits per heavy atom.